The fourth-order valence-electron chi connectivity index (χ4n) is 2.87. The van der Waals surface area contributed by atoms with Gasteiger partial charge >= 0.3 is 0 Å². The quantitative estimate of drug-likeness (QED) is 0.910. The zero-order valence-corrected chi connectivity index (χ0v) is 12.7. The third-order valence-corrected chi connectivity index (χ3v) is 4.11. The number of rotatable bonds is 5. The van der Waals surface area contributed by atoms with E-state index in [2.05, 4.69) is 20.3 Å². The summed E-state index contributed by atoms with van der Waals surface area (Å²) in [5.74, 6) is 0.851. The van der Waals surface area contributed by atoms with Gasteiger partial charge in [-0.15, -0.1) is 0 Å². The second-order valence-electron chi connectivity index (χ2n) is 5.75. The molecule has 0 atom stereocenters. The van der Waals surface area contributed by atoms with E-state index in [-0.39, 0.29) is 11.8 Å². The Labute approximate surface area is 132 Å². The van der Waals surface area contributed by atoms with Crippen LogP contribution in [0.15, 0.2) is 24.5 Å². The van der Waals surface area contributed by atoms with E-state index in [1.54, 1.807) is 10.7 Å². The lowest BCUT2D eigenvalue weighted by atomic mass is 9.93. The third kappa shape index (κ3) is 3.94. The molecule has 0 aliphatic carbocycles. The molecule has 1 saturated heterocycles. The summed E-state index contributed by atoms with van der Waals surface area (Å²) in [5, 5.41) is 6.38. The van der Waals surface area contributed by atoms with Crippen molar-refractivity contribution in [3.05, 3.63) is 24.5 Å². The van der Waals surface area contributed by atoms with Crippen molar-refractivity contribution in [3.8, 4) is 0 Å². The molecule has 3 rings (SSSR count). The van der Waals surface area contributed by atoms with Crippen molar-refractivity contribution in [2.75, 3.05) is 24.5 Å². The van der Waals surface area contributed by atoms with Gasteiger partial charge in [0.2, 0.25) is 5.91 Å². The molecule has 8 heteroatoms. The Hall–Kier alpha value is -2.25. The van der Waals surface area contributed by atoms with Crippen LogP contribution >= 0.6 is 0 Å². The molecule has 1 aliphatic heterocycles. The zero-order valence-electron chi connectivity index (χ0n) is 12.7. The number of nitrogens with zero attached hydrogens (tertiary/aromatic N) is 4. The van der Waals surface area contributed by atoms with Gasteiger partial charge in [0.15, 0.2) is 5.65 Å². The summed E-state index contributed by atoms with van der Waals surface area (Å²) in [6, 6.07) is 3.78. The van der Waals surface area contributed by atoms with Gasteiger partial charge < -0.3 is 10.2 Å². The van der Waals surface area contributed by atoms with Crippen LogP contribution in [0.3, 0.4) is 0 Å². The lowest BCUT2D eigenvalue weighted by molar-refractivity contribution is -0.122. The molecule has 1 aliphatic rings. The van der Waals surface area contributed by atoms with Crippen molar-refractivity contribution in [1.82, 2.24) is 19.9 Å². The molecule has 23 heavy (non-hydrogen) atoms. The zero-order chi connectivity index (χ0) is 16.2. The van der Waals surface area contributed by atoms with Crippen LogP contribution in [0.5, 0.6) is 0 Å². The van der Waals surface area contributed by atoms with Crippen molar-refractivity contribution in [3.63, 3.8) is 0 Å². The fourth-order valence-corrected chi connectivity index (χ4v) is 2.87. The van der Waals surface area contributed by atoms with Gasteiger partial charge in [0.05, 0.1) is 12.7 Å². The molecule has 0 aromatic carbocycles. The molecule has 0 spiro atoms. The van der Waals surface area contributed by atoms with Gasteiger partial charge in [-0.1, -0.05) is 0 Å². The average Bonchev–Trinajstić information content (AvgIpc) is 3.01. The molecule has 3 heterocycles. The molecule has 0 unspecified atom stereocenters. The summed E-state index contributed by atoms with van der Waals surface area (Å²) < 4.78 is 25.8. The number of carbonyl (C=O) groups excluding carboxylic acids is 1. The summed E-state index contributed by atoms with van der Waals surface area (Å²) in [7, 11) is 0. The molecular weight excluding hydrogens is 304 g/mol. The predicted molar refractivity (Wildman–Crippen MR) is 81.6 cm³/mol. The number of halogens is 2. The molecule has 2 aromatic heterocycles. The van der Waals surface area contributed by atoms with E-state index in [9.17, 15) is 13.6 Å². The van der Waals surface area contributed by atoms with Crippen LogP contribution in [0, 0.1) is 5.92 Å². The number of hydrogen-bond donors (Lipinski definition) is 1. The number of nitrogens with one attached hydrogen (secondary N) is 1. The highest BCUT2D eigenvalue weighted by Gasteiger charge is 2.22. The van der Waals surface area contributed by atoms with E-state index >= 15 is 0 Å². The molecular formula is C15H19F2N5O. The number of carbonyl (C=O) groups is 1. The molecule has 1 amide bonds. The maximum absolute atomic E-state index is 12.1. The van der Waals surface area contributed by atoms with Crippen LogP contribution in [0.2, 0.25) is 0 Å². The van der Waals surface area contributed by atoms with Crippen LogP contribution in [-0.2, 0) is 4.79 Å². The van der Waals surface area contributed by atoms with Gasteiger partial charge in [0.1, 0.15) is 5.82 Å². The largest absolute Gasteiger partial charge is 0.356 e. The molecule has 2 aromatic rings. The first-order valence-electron chi connectivity index (χ1n) is 7.72. The number of aromatic nitrogens is 3. The third-order valence-electron chi connectivity index (χ3n) is 4.11. The molecule has 6 nitrogen and oxygen atoms in total. The summed E-state index contributed by atoms with van der Waals surface area (Å²) in [6.07, 6.45) is 3.11. The Morgan fingerprint density at radius 2 is 2.13 bits per heavy atom. The van der Waals surface area contributed by atoms with Gasteiger partial charge in [-0.25, -0.2) is 18.3 Å². The summed E-state index contributed by atoms with van der Waals surface area (Å²) >= 11 is 0. The van der Waals surface area contributed by atoms with E-state index in [1.807, 2.05) is 18.3 Å². The van der Waals surface area contributed by atoms with Gasteiger partial charge in [-0.3, -0.25) is 4.79 Å². The maximum atomic E-state index is 12.1. The van der Waals surface area contributed by atoms with E-state index in [1.165, 1.54) is 0 Å². The Balaban J connectivity index is 1.50. The monoisotopic (exact) mass is 323 g/mol. The molecule has 0 saturated carbocycles. The van der Waals surface area contributed by atoms with Crippen molar-refractivity contribution in [1.29, 1.82) is 0 Å². The van der Waals surface area contributed by atoms with E-state index in [0.29, 0.717) is 6.42 Å². The van der Waals surface area contributed by atoms with Gasteiger partial charge in [-0.2, -0.15) is 5.10 Å². The smallest absolute Gasteiger partial charge is 0.255 e. The number of amides is 1. The number of fused-ring (bicyclic) bond motifs is 1. The number of hydrogen-bond acceptors (Lipinski definition) is 4. The van der Waals surface area contributed by atoms with Crippen LogP contribution in [0.1, 0.15) is 19.3 Å². The number of alkyl halides is 2. The van der Waals surface area contributed by atoms with Crippen molar-refractivity contribution < 1.29 is 13.6 Å². The minimum atomic E-state index is -2.50. The highest BCUT2D eigenvalue weighted by atomic mass is 19.3. The second kappa shape index (κ2) is 6.89. The van der Waals surface area contributed by atoms with Crippen LogP contribution in [-0.4, -0.2) is 46.6 Å². The topological polar surface area (TPSA) is 62.5 Å². The van der Waals surface area contributed by atoms with Crippen molar-refractivity contribution >= 4 is 17.4 Å². The molecule has 0 bridgehead atoms. The number of anilines is 1. The first-order valence-corrected chi connectivity index (χ1v) is 7.72. The Morgan fingerprint density at radius 1 is 1.35 bits per heavy atom. The minimum Gasteiger partial charge on any atom is -0.356 e. The standard InChI is InChI=1S/C15H19F2N5O/c16-12(17)10-18-15(23)9-11-2-6-21(7-3-11)13-4-8-22-14(20-13)1-5-19-22/h1,4-5,8,11-12H,2-3,6-7,9-10H2,(H,18,23). The summed E-state index contributed by atoms with van der Waals surface area (Å²) in [4.78, 5) is 18.3. The van der Waals surface area contributed by atoms with Crippen LogP contribution in [0.4, 0.5) is 14.6 Å². The van der Waals surface area contributed by atoms with Gasteiger partial charge in [0.25, 0.3) is 6.43 Å². The van der Waals surface area contributed by atoms with E-state index in [4.69, 9.17) is 0 Å². The minimum absolute atomic E-state index is 0.239. The highest BCUT2D eigenvalue weighted by Crippen LogP contribution is 2.24. The summed E-state index contributed by atoms with van der Waals surface area (Å²) in [5.41, 5.74) is 0.802. The Morgan fingerprint density at radius 3 is 2.87 bits per heavy atom. The average molecular weight is 323 g/mol. The SMILES string of the molecule is O=C(CC1CCN(c2ccn3nccc3n2)CC1)NCC(F)F. The first kappa shape index (κ1) is 15.6. The van der Waals surface area contributed by atoms with Crippen molar-refractivity contribution in [2.24, 2.45) is 5.92 Å². The lowest BCUT2D eigenvalue weighted by Gasteiger charge is -2.32. The van der Waals surface area contributed by atoms with E-state index in [0.717, 1.165) is 37.4 Å². The van der Waals surface area contributed by atoms with Crippen LogP contribution < -0.4 is 10.2 Å². The lowest BCUT2D eigenvalue weighted by Crippen LogP contribution is -2.37. The Kier molecular flexibility index (Phi) is 4.68. The molecule has 1 N–H and O–H groups in total. The fraction of sp³-hybridized carbons (Fsp3) is 0.533. The first-order chi connectivity index (χ1) is 11.1. The number of piperidine rings is 1. The van der Waals surface area contributed by atoms with Crippen molar-refractivity contribution in [2.45, 2.75) is 25.7 Å². The van der Waals surface area contributed by atoms with E-state index < -0.39 is 13.0 Å². The summed E-state index contributed by atoms with van der Waals surface area (Å²) in [6.45, 7) is 1.06. The highest BCUT2D eigenvalue weighted by molar-refractivity contribution is 5.76. The van der Waals surface area contributed by atoms with Gasteiger partial charge in [-0.05, 0) is 24.8 Å². The molecule has 0 radical (unpaired) electrons. The Bertz CT molecular complexity index is 667. The second-order valence-corrected chi connectivity index (χ2v) is 5.75. The normalized spacial score (nSPS) is 16.2. The van der Waals surface area contributed by atoms with Crippen LogP contribution in [0.25, 0.3) is 5.65 Å². The molecule has 124 valence electrons. The molecule has 1 fully saturated rings. The predicted octanol–water partition coefficient (Wildman–Crippen LogP) is 1.72. The maximum Gasteiger partial charge on any atom is 0.255 e. The van der Waals surface area contributed by atoms with Gasteiger partial charge in [0, 0.05) is 31.8 Å².